The first kappa shape index (κ1) is 23.1. The molecular formula is C40H24O2. The summed E-state index contributed by atoms with van der Waals surface area (Å²) >= 11 is 0. The lowest BCUT2D eigenvalue weighted by molar-refractivity contribution is 0.616. The van der Waals surface area contributed by atoms with Crippen LogP contribution in [0.1, 0.15) is 0 Å². The van der Waals surface area contributed by atoms with Crippen molar-refractivity contribution in [3.05, 3.63) is 146 Å². The number of furan rings is 2. The van der Waals surface area contributed by atoms with Gasteiger partial charge in [0, 0.05) is 16.2 Å². The van der Waals surface area contributed by atoms with Crippen LogP contribution in [0.4, 0.5) is 0 Å². The van der Waals surface area contributed by atoms with E-state index in [2.05, 4.69) is 133 Å². The monoisotopic (exact) mass is 536 g/mol. The van der Waals surface area contributed by atoms with Crippen LogP contribution in [-0.2, 0) is 0 Å². The highest BCUT2D eigenvalue weighted by atomic mass is 16.3. The molecule has 0 aliphatic rings. The minimum atomic E-state index is 0.873. The van der Waals surface area contributed by atoms with Crippen LogP contribution in [-0.4, -0.2) is 0 Å². The largest absolute Gasteiger partial charge is 0.464 e. The maximum atomic E-state index is 6.42. The van der Waals surface area contributed by atoms with Crippen LogP contribution >= 0.6 is 0 Å². The highest BCUT2D eigenvalue weighted by Gasteiger charge is 2.18. The van der Waals surface area contributed by atoms with Crippen molar-refractivity contribution in [2.24, 2.45) is 0 Å². The molecular weight excluding hydrogens is 512 g/mol. The molecule has 0 atom stereocenters. The molecule has 0 aliphatic carbocycles. The van der Waals surface area contributed by atoms with Crippen LogP contribution in [0.5, 0.6) is 0 Å². The van der Waals surface area contributed by atoms with Gasteiger partial charge in [0.25, 0.3) is 0 Å². The Morgan fingerprint density at radius 1 is 0.333 bits per heavy atom. The molecule has 0 fully saturated rings. The number of benzene rings is 7. The Morgan fingerprint density at radius 3 is 1.64 bits per heavy atom. The predicted molar refractivity (Wildman–Crippen MR) is 175 cm³/mol. The fourth-order valence-corrected chi connectivity index (χ4v) is 6.62. The maximum Gasteiger partial charge on any atom is 0.136 e. The van der Waals surface area contributed by atoms with Crippen LogP contribution in [0.3, 0.4) is 0 Å². The summed E-state index contributed by atoms with van der Waals surface area (Å²) in [5.41, 5.74) is 9.90. The summed E-state index contributed by atoms with van der Waals surface area (Å²) in [5, 5.41) is 8.14. The zero-order chi connectivity index (χ0) is 27.6. The summed E-state index contributed by atoms with van der Waals surface area (Å²) in [7, 11) is 0. The SMILES string of the molecule is c1ccc(-c2cccc(-c3c4ccccc4c(-c4ccc5c(c4)oc4cc6ccoc6cc45)c4ccccc34)c2)cc1. The van der Waals surface area contributed by atoms with Gasteiger partial charge in [-0.1, -0.05) is 103 Å². The Morgan fingerprint density at radius 2 is 0.929 bits per heavy atom. The molecule has 42 heavy (non-hydrogen) atoms. The fourth-order valence-electron chi connectivity index (χ4n) is 6.62. The first-order chi connectivity index (χ1) is 20.8. The first-order valence-corrected chi connectivity index (χ1v) is 14.2. The molecule has 196 valence electrons. The second kappa shape index (κ2) is 8.95. The third-order valence-corrected chi connectivity index (χ3v) is 8.52. The highest BCUT2D eigenvalue weighted by Crippen LogP contribution is 2.45. The van der Waals surface area contributed by atoms with Crippen molar-refractivity contribution in [3.63, 3.8) is 0 Å². The van der Waals surface area contributed by atoms with Crippen LogP contribution in [0, 0.1) is 0 Å². The van der Waals surface area contributed by atoms with Crippen LogP contribution in [0.2, 0.25) is 0 Å². The lowest BCUT2D eigenvalue weighted by atomic mass is 9.85. The standard InChI is InChI=1S/C40H24O2/c1-2-9-25(10-3-1)26-11-8-12-28(21-26)39-31-13-4-6-15-33(31)40(34-16-7-5-14-32(34)39)29-17-18-30-35-24-36-27(19-20-41-36)22-38(35)42-37(30)23-29/h1-24H. The van der Waals surface area contributed by atoms with Gasteiger partial charge in [0.2, 0.25) is 0 Å². The van der Waals surface area contributed by atoms with Crippen molar-refractivity contribution < 1.29 is 8.83 Å². The molecule has 0 spiro atoms. The topological polar surface area (TPSA) is 26.3 Å². The summed E-state index contributed by atoms with van der Waals surface area (Å²) in [6, 6.07) is 49.8. The number of rotatable bonds is 3. The summed E-state index contributed by atoms with van der Waals surface area (Å²) in [6.07, 6.45) is 1.72. The van der Waals surface area contributed by atoms with Crippen molar-refractivity contribution in [2.75, 3.05) is 0 Å². The third kappa shape index (κ3) is 3.45. The molecule has 2 heterocycles. The Balaban J connectivity index is 1.31. The second-order valence-corrected chi connectivity index (χ2v) is 10.9. The summed E-state index contributed by atoms with van der Waals surface area (Å²) in [6.45, 7) is 0. The molecule has 9 aromatic rings. The molecule has 9 rings (SSSR count). The lowest BCUT2D eigenvalue weighted by Crippen LogP contribution is -1.91. The summed E-state index contributed by atoms with van der Waals surface area (Å²) < 4.78 is 12.1. The molecule has 0 amide bonds. The van der Waals surface area contributed by atoms with Gasteiger partial charge in [0.15, 0.2) is 0 Å². The van der Waals surface area contributed by atoms with Crippen molar-refractivity contribution in [1.82, 2.24) is 0 Å². The van der Waals surface area contributed by atoms with E-state index in [9.17, 15) is 0 Å². The van der Waals surface area contributed by atoms with Crippen LogP contribution in [0.15, 0.2) is 155 Å². The number of fused-ring (bicyclic) bond motifs is 6. The minimum absolute atomic E-state index is 0.873. The molecule has 0 saturated heterocycles. The van der Waals surface area contributed by atoms with E-state index in [1.54, 1.807) is 6.26 Å². The van der Waals surface area contributed by atoms with Gasteiger partial charge in [-0.15, -0.1) is 0 Å². The Kier molecular flexibility index (Phi) is 4.93. The van der Waals surface area contributed by atoms with Gasteiger partial charge in [-0.3, -0.25) is 0 Å². The Hall–Kier alpha value is -5.60. The number of hydrogen-bond acceptors (Lipinski definition) is 2. The van der Waals surface area contributed by atoms with Gasteiger partial charge in [0.05, 0.1) is 6.26 Å². The van der Waals surface area contributed by atoms with Crippen molar-refractivity contribution >= 4 is 54.5 Å². The quantitative estimate of drug-likeness (QED) is 0.210. The first-order valence-electron chi connectivity index (χ1n) is 14.2. The predicted octanol–water partition coefficient (Wildman–Crippen LogP) is 11.6. The average molecular weight is 537 g/mol. The van der Waals surface area contributed by atoms with E-state index in [4.69, 9.17) is 8.83 Å². The Bertz CT molecular complexity index is 2400. The zero-order valence-electron chi connectivity index (χ0n) is 22.7. The lowest BCUT2D eigenvalue weighted by Gasteiger charge is -2.18. The normalized spacial score (nSPS) is 11.8. The molecule has 2 heteroatoms. The van der Waals surface area contributed by atoms with Gasteiger partial charge in [-0.2, -0.15) is 0 Å². The van der Waals surface area contributed by atoms with E-state index in [1.165, 1.54) is 49.4 Å². The van der Waals surface area contributed by atoms with Gasteiger partial charge in [-0.25, -0.2) is 0 Å². The van der Waals surface area contributed by atoms with Gasteiger partial charge >= 0.3 is 0 Å². The van der Waals surface area contributed by atoms with Crippen molar-refractivity contribution in [3.8, 4) is 33.4 Å². The summed E-state index contributed by atoms with van der Waals surface area (Å²) in [5.74, 6) is 0. The molecule has 0 bridgehead atoms. The van der Waals surface area contributed by atoms with Gasteiger partial charge < -0.3 is 8.83 Å². The van der Waals surface area contributed by atoms with E-state index >= 15 is 0 Å². The van der Waals surface area contributed by atoms with E-state index < -0.39 is 0 Å². The van der Waals surface area contributed by atoms with E-state index in [1.807, 2.05) is 6.07 Å². The van der Waals surface area contributed by atoms with E-state index in [-0.39, 0.29) is 0 Å². The highest BCUT2D eigenvalue weighted by molar-refractivity contribution is 6.22. The molecule has 0 N–H and O–H groups in total. The molecule has 2 nitrogen and oxygen atoms in total. The fraction of sp³-hybridized carbons (Fsp3) is 0. The van der Waals surface area contributed by atoms with E-state index in [0.717, 1.165) is 38.5 Å². The smallest absolute Gasteiger partial charge is 0.136 e. The zero-order valence-corrected chi connectivity index (χ0v) is 22.7. The van der Waals surface area contributed by atoms with Gasteiger partial charge in [0.1, 0.15) is 16.7 Å². The Labute approximate surface area is 242 Å². The van der Waals surface area contributed by atoms with Crippen molar-refractivity contribution in [1.29, 1.82) is 0 Å². The summed E-state index contributed by atoms with van der Waals surface area (Å²) in [4.78, 5) is 0. The van der Waals surface area contributed by atoms with Gasteiger partial charge in [-0.05, 0) is 91.3 Å². The van der Waals surface area contributed by atoms with Crippen molar-refractivity contribution in [2.45, 2.75) is 0 Å². The molecule has 0 aliphatic heterocycles. The van der Waals surface area contributed by atoms with E-state index in [0.29, 0.717) is 0 Å². The maximum absolute atomic E-state index is 6.42. The van der Waals surface area contributed by atoms with Crippen LogP contribution < -0.4 is 0 Å². The molecule has 0 unspecified atom stereocenters. The molecule has 2 aromatic heterocycles. The molecule has 0 saturated carbocycles. The minimum Gasteiger partial charge on any atom is -0.464 e. The second-order valence-electron chi connectivity index (χ2n) is 10.9. The average Bonchev–Trinajstić information content (AvgIpc) is 3.66. The number of hydrogen-bond donors (Lipinski definition) is 0. The molecule has 7 aromatic carbocycles. The third-order valence-electron chi connectivity index (χ3n) is 8.52. The van der Waals surface area contributed by atoms with Crippen LogP contribution in [0.25, 0.3) is 87.8 Å². The molecule has 0 radical (unpaired) electrons.